The maximum Gasteiger partial charge on any atom is 0.337 e. The number of urea groups is 1. The summed E-state index contributed by atoms with van der Waals surface area (Å²) in [6, 6.07) is 6.88. The molecule has 0 fully saturated rings. The van der Waals surface area contributed by atoms with Crippen LogP contribution in [0.3, 0.4) is 0 Å². The van der Waals surface area contributed by atoms with Crippen LogP contribution in [0.1, 0.15) is 13.3 Å². The van der Waals surface area contributed by atoms with Crippen molar-refractivity contribution >= 4 is 40.4 Å². The number of para-hydroxylation sites is 1. The van der Waals surface area contributed by atoms with Crippen LogP contribution in [0.5, 0.6) is 0 Å². The van der Waals surface area contributed by atoms with Crippen molar-refractivity contribution in [3.8, 4) is 0 Å². The molecule has 0 spiro atoms. The number of aryl methyl sites for hydroxylation is 1. The smallest absolute Gasteiger partial charge is 0.337 e. The van der Waals surface area contributed by atoms with E-state index in [2.05, 4.69) is 20.8 Å². The lowest BCUT2D eigenvalue weighted by Crippen LogP contribution is -2.44. The molecule has 0 saturated carbocycles. The van der Waals surface area contributed by atoms with Crippen molar-refractivity contribution in [1.82, 2.24) is 29.8 Å². The topological polar surface area (TPSA) is 129 Å². The van der Waals surface area contributed by atoms with Crippen LogP contribution >= 0.6 is 11.8 Å². The number of fused-ring (bicyclic) bond motifs is 3. The zero-order valence-electron chi connectivity index (χ0n) is 18.3. The lowest BCUT2D eigenvalue weighted by molar-refractivity contribution is -0.138. The first kappa shape index (κ1) is 22.8. The average Bonchev–Trinajstić information content (AvgIpc) is 3.24. The summed E-state index contributed by atoms with van der Waals surface area (Å²) in [4.78, 5) is 37.3. The van der Waals surface area contributed by atoms with Crippen LogP contribution < -0.4 is 16.2 Å². The number of thioether (sulfide) groups is 1. The molecule has 0 saturated heterocycles. The van der Waals surface area contributed by atoms with Gasteiger partial charge in [0.05, 0.1) is 29.6 Å². The molecule has 3 heterocycles. The molecule has 0 atom stereocenters. The number of carbonyl (C=O) groups excluding carboxylic acids is 2. The zero-order valence-corrected chi connectivity index (χ0v) is 19.1. The highest BCUT2D eigenvalue weighted by atomic mass is 32.2. The molecule has 12 heteroatoms. The summed E-state index contributed by atoms with van der Waals surface area (Å²) in [5.74, 6) is 0.204. The molecule has 174 valence electrons. The van der Waals surface area contributed by atoms with Crippen LogP contribution in [-0.2, 0) is 20.8 Å². The van der Waals surface area contributed by atoms with E-state index in [1.54, 1.807) is 24.7 Å². The van der Waals surface area contributed by atoms with Gasteiger partial charge in [-0.25, -0.2) is 9.59 Å². The molecule has 2 amide bonds. The second kappa shape index (κ2) is 10.0. The maximum absolute atomic E-state index is 13.1. The molecular weight excluding hydrogens is 448 g/mol. The number of nitrogens with zero attached hydrogens (tertiary/aromatic N) is 4. The van der Waals surface area contributed by atoms with Gasteiger partial charge in [-0.05, 0) is 25.5 Å². The first-order valence-corrected chi connectivity index (χ1v) is 11.5. The van der Waals surface area contributed by atoms with Crippen LogP contribution in [0.15, 0.2) is 45.5 Å². The summed E-state index contributed by atoms with van der Waals surface area (Å²) in [6.07, 6.45) is 0.647. The number of benzene rings is 1. The van der Waals surface area contributed by atoms with Crippen LogP contribution in [0.25, 0.3) is 16.7 Å². The van der Waals surface area contributed by atoms with Gasteiger partial charge in [-0.2, -0.15) is 0 Å². The zero-order chi connectivity index (χ0) is 23.4. The van der Waals surface area contributed by atoms with Crippen molar-refractivity contribution < 1.29 is 19.1 Å². The summed E-state index contributed by atoms with van der Waals surface area (Å²) in [6.45, 7) is 2.99. The predicted octanol–water partition coefficient (Wildman–Crippen LogP) is 1.30. The Morgan fingerprint density at radius 1 is 1.24 bits per heavy atom. The third-order valence-electron chi connectivity index (χ3n) is 5.13. The third-order valence-corrected chi connectivity index (χ3v) is 6.09. The number of nitrogens with one attached hydrogen (secondary N) is 2. The minimum atomic E-state index is -0.482. The summed E-state index contributed by atoms with van der Waals surface area (Å²) in [7, 11) is 1.61. The first-order valence-electron chi connectivity index (χ1n) is 10.5. The largest absolute Gasteiger partial charge is 0.463 e. The average molecular weight is 473 g/mol. The van der Waals surface area contributed by atoms with Gasteiger partial charge in [-0.3, -0.25) is 13.8 Å². The van der Waals surface area contributed by atoms with E-state index in [-0.39, 0.29) is 30.5 Å². The molecule has 2 aromatic heterocycles. The van der Waals surface area contributed by atoms with E-state index < -0.39 is 5.97 Å². The van der Waals surface area contributed by atoms with Crippen molar-refractivity contribution in [2.24, 2.45) is 0 Å². The van der Waals surface area contributed by atoms with Gasteiger partial charge >= 0.3 is 12.0 Å². The standard InChI is InChI=1S/C21H24N6O5S/c1-3-32-18(29)14-11-22-19(30)23-15(14)12-33-21-25-24-20-26(9-6-10-31-2)17(28)13-7-4-5-8-16(13)27(20)21/h4-5,7-8H,3,6,9-12H2,1-2H3,(H2,22,23,30). The van der Waals surface area contributed by atoms with Crippen molar-refractivity contribution in [1.29, 1.82) is 0 Å². The van der Waals surface area contributed by atoms with Gasteiger partial charge in [0.15, 0.2) is 5.16 Å². The Hall–Kier alpha value is -3.38. The molecule has 1 aliphatic heterocycles. The van der Waals surface area contributed by atoms with E-state index in [4.69, 9.17) is 9.47 Å². The lowest BCUT2D eigenvalue weighted by atomic mass is 10.2. The summed E-state index contributed by atoms with van der Waals surface area (Å²) >= 11 is 1.30. The van der Waals surface area contributed by atoms with Crippen LogP contribution in [-0.4, -0.2) is 63.8 Å². The molecular formula is C21H24N6O5S. The van der Waals surface area contributed by atoms with Gasteiger partial charge in [-0.15, -0.1) is 10.2 Å². The van der Waals surface area contributed by atoms with Gasteiger partial charge in [-0.1, -0.05) is 23.9 Å². The number of carbonyl (C=O) groups is 2. The molecule has 2 N–H and O–H groups in total. The summed E-state index contributed by atoms with van der Waals surface area (Å²) < 4.78 is 13.6. The predicted molar refractivity (Wildman–Crippen MR) is 122 cm³/mol. The summed E-state index contributed by atoms with van der Waals surface area (Å²) in [5, 5.41) is 14.9. The molecule has 11 nitrogen and oxygen atoms in total. The van der Waals surface area contributed by atoms with Gasteiger partial charge in [0.25, 0.3) is 5.56 Å². The SMILES string of the molecule is CCOC(=O)C1=C(CSc2nnc3n(CCCOC)c(=O)c4ccccc4n23)NC(=O)NC1. The van der Waals surface area contributed by atoms with Crippen LogP contribution in [0.2, 0.25) is 0 Å². The van der Waals surface area contributed by atoms with Crippen molar-refractivity contribution in [2.45, 2.75) is 25.0 Å². The molecule has 0 aliphatic carbocycles. The number of ether oxygens (including phenoxy) is 2. The second-order valence-electron chi connectivity index (χ2n) is 7.21. The van der Waals surface area contributed by atoms with E-state index >= 15 is 0 Å². The highest BCUT2D eigenvalue weighted by Crippen LogP contribution is 2.24. The maximum atomic E-state index is 13.1. The first-order chi connectivity index (χ1) is 16.0. The molecule has 0 radical (unpaired) electrons. The Balaban J connectivity index is 1.73. The molecule has 33 heavy (non-hydrogen) atoms. The number of aromatic nitrogens is 4. The monoisotopic (exact) mass is 472 g/mol. The molecule has 3 aromatic rings. The number of hydrogen-bond acceptors (Lipinski definition) is 8. The molecule has 1 aliphatic rings. The molecule has 1 aromatic carbocycles. The van der Waals surface area contributed by atoms with E-state index in [0.717, 1.165) is 0 Å². The van der Waals surface area contributed by atoms with Crippen molar-refractivity contribution in [3.63, 3.8) is 0 Å². The lowest BCUT2D eigenvalue weighted by Gasteiger charge is -2.20. The minimum Gasteiger partial charge on any atom is -0.463 e. The minimum absolute atomic E-state index is 0.0864. The fourth-order valence-corrected chi connectivity index (χ4v) is 4.53. The highest BCUT2D eigenvalue weighted by Gasteiger charge is 2.25. The number of esters is 1. The fourth-order valence-electron chi connectivity index (χ4n) is 3.60. The highest BCUT2D eigenvalue weighted by molar-refractivity contribution is 7.99. The van der Waals surface area contributed by atoms with Crippen molar-refractivity contribution in [2.75, 3.05) is 32.6 Å². The number of amides is 2. The van der Waals surface area contributed by atoms with E-state index in [0.29, 0.717) is 52.7 Å². The van der Waals surface area contributed by atoms with Gasteiger partial charge in [0.2, 0.25) is 5.78 Å². The number of hydrogen-bond donors (Lipinski definition) is 2. The summed E-state index contributed by atoms with van der Waals surface area (Å²) in [5.41, 5.74) is 1.36. The van der Waals surface area contributed by atoms with Crippen molar-refractivity contribution in [3.05, 3.63) is 45.9 Å². The van der Waals surface area contributed by atoms with Gasteiger partial charge in [0.1, 0.15) is 0 Å². The molecule has 4 rings (SSSR count). The van der Waals surface area contributed by atoms with E-state index in [9.17, 15) is 14.4 Å². The molecule has 0 unspecified atom stereocenters. The Morgan fingerprint density at radius 2 is 2.06 bits per heavy atom. The molecule has 0 bridgehead atoms. The van der Waals surface area contributed by atoms with E-state index in [1.807, 2.05) is 22.6 Å². The van der Waals surface area contributed by atoms with Gasteiger partial charge in [0, 0.05) is 31.7 Å². The number of methoxy groups -OCH3 is 1. The second-order valence-corrected chi connectivity index (χ2v) is 8.15. The Labute approximate surface area is 193 Å². The quantitative estimate of drug-likeness (QED) is 0.271. The Kier molecular flexibility index (Phi) is 6.94. The van der Waals surface area contributed by atoms with Gasteiger partial charge < -0.3 is 20.1 Å². The van der Waals surface area contributed by atoms with E-state index in [1.165, 1.54) is 11.8 Å². The normalized spacial score (nSPS) is 13.9. The van der Waals surface area contributed by atoms with Crippen LogP contribution in [0, 0.1) is 0 Å². The Bertz CT molecular complexity index is 1300. The number of rotatable bonds is 9. The fraction of sp³-hybridized carbons (Fsp3) is 0.381. The Morgan fingerprint density at radius 3 is 2.85 bits per heavy atom. The van der Waals surface area contributed by atoms with Crippen LogP contribution in [0.4, 0.5) is 4.79 Å². The third kappa shape index (κ3) is 4.57.